The molecule has 1 aliphatic heterocycles. The van der Waals surface area contributed by atoms with Crippen LogP contribution in [0.1, 0.15) is 15.9 Å². The second-order valence-corrected chi connectivity index (χ2v) is 12.1. The maximum absolute atomic E-state index is 12.6. The highest BCUT2D eigenvalue weighted by Gasteiger charge is 2.21. The molecule has 0 atom stereocenters. The average molecular weight is 566 g/mol. The van der Waals surface area contributed by atoms with Crippen LogP contribution in [0.5, 0.6) is 5.75 Å². The fourth-order valence-corrected chi connectivity index (χ4v) is 6.52. The Morgan fingerprint density at radius 1 is 1.00 bits per heavy atom. The first-order valence-electron chi connectivity index (χ1n) is 12.7. The number of hydrogen-bond acceptors (Lipinski definition) is 8. The first kappa shape index (κ1) is 26.9. The number of ether oxygens (including phenoxy) is 1. The van der Waals surface area contributed by atoms with Crippen molar-refractivity contribution in [3.63, 3.8) is 0 Å². The number of hydrogen-bond donors (Lipinski definition) is 2. The number of methoxy groups -OCH3 is 1. The standard InChI is InChI=1S/C28H31N5O4S2/c1-20-6-12-23(13-7-20)39(35,36)31-22-10-8-21(9-11-22)27(34)29-14-15-32-16-18-33(19-17-32)28-30-26-24(37-2)4-3-5-25(26)38-28/h3-13,31H,14-19H2,1-2H3,(H,29,34). The second-order valence-electron chi connectivity index (χ2n) is 9.38. The predicted octanol–water partition coefficient (Wildman–Crippen LogP) is 3.97. The third kappa shape index (κ3) is 6.32. The molecule has 1 fully saturated rings. The summed E-state index contributed by atoms with van der Waals surface area (Å²) >= 11 is 1.68. The maximum atomic E-state index is 12.6. The number of aromatic nitrogens is 1. The van der Waals surface area contributed by atoms with E-state index in [1.807, 2.05) is 19.1 Å². The van der Waals surface area contributed by atoms with E-state index in [1.54, 1.807) is 67.0 Å². The van der Waals surface area contributed by atoms with Crippen molar-refractivity contribution in [3.05, 3.63) is 77.9 Å². The van der Waals surface area contributed by atoms with Gasteiger partial charge in [-0.05, 0) is 55.5 Å². The van der Waals surface area contributed by atoms with Gasteiger partial charge in [-0.3, -0.25) is 14.4 Å². The van der Waals surface area contributed by atoms with E-state index in [0.29, 0.717) is 17.8 Å². The Balaban J connectivity index is 1.08. The van der Waals surface area contributed by atoms with Gasteiger partial charge >= 0.3 is 0 Å². The molecule has 9 nitrogen and oxygen atoms in total. The zero-order valence-electron chi connectivity index (χ0n) is 21.9. The summed E-state index contributed by atoms with van der Waals surface area (Å²) in [6.45, 7) is 6.70. The van der Waals surface area contributed by atoms with E-state index in [0.717, 1.165) is 59.4 Å². The van der Waals surface area contributed by atoms with Crippen LogP contribution >= 0.6 is 11.3 Å². The quantitative estimate of drug-likeness (QED) is 0.317. The maximum Gasteiger partial charge on any atom is 0.261 e. The van der Waals surface area contributed by atoms with Crippen LogP contribution < -0.4 is 19.7 Å². The third-order valence-electron chi connectivity index (χ3n) is 6.68. The molecule has 39 heavy (non-hydrogen) atoms. The summed E-state index contributed by atoms with van der Waals surface area (Å²) in [7, 11) is -2.03. The summed E-state index contributed by atoms with van der Waals surface area (Å²) in [5.74, 6) is 0.604. The van der Waals surface area contributed by atoms with E-state index in [4.69, 9.17) is 9.72 Å². The van der Waals surface area contributed by atoms with Crippen molar-refractivity contribution < 1.29 is 17.9 Å². The van der Waals surface area contributed by atoms with E-state index in [1.165, 1.54) is 0 Å². The van der Waals surface area contributed by atoms with E-state index < -0.39 is 10.0 Å². The van der Waals surface area contributed by atoms with Gasteiger partial charge in [-0.2, -0.15) is 0 Å². The fraction of sp³-hybridized carbons (Fsp3) is 0.286. The van der Waals surface area contributed by atoms with Crippen molar-refractivity contribution in [2.24, 2.45) is 0 Å². The lowest BCUT2D eigenvalue weighted by atomic mass is 10.2. The Morgan fingerprint density at radius 3 is 2.41 bits per heavy atom. The lowest BCUT2D eigenvalue weighted by Crippen LogP contribution is -2.48. The molecule has 1 amide bonds. The van der Waals surface area contributed by atoms with Gasteiger partial charge in [-0.1, -0.05) is 35.1 Å². The molecule has 1 aliphatic rings. The molecule has 1 saturated heterocycles. The van der Waals surface area contributed by atoms with Crippen molar-refractivity contribution >= 4 is 48.3 Å². The van der Waals surface area contributed by atoms with E-state index in [9.17, 15) is 13.2 Å². The summed E-state index contributed by atoms with van der Waals surface area (Å²) < 4.78 is 34.3. The minimum atomic E-state index is -3.69. The van der Waals surface area contributed by atoms with Crippen LogP contribution in [0.25, 0.3) is 10.2 Å². The lowest BCUT2D eigenvalue weighted by molar-refractivity contribution is 0.0948. The third-order valence-corrected chi connectivity index (χ3v) is 9.16. The van der Waals surface area contributed by atoms with E-state index in [2.05, 4.69) is 25.9 Å². The molecule has 1 aromatic heterocycles. The van der Waals surface area contributed by atoms with Gasteiger partial charge in [0.15, 0.2) is 5.13 Å². The summed E-state index contributed by atoms with van der Waals surface area (Å²) in [6, 6.07) is 19.0. The van der Waals surface area contributed by atoms with E-state index in [-0.39, 0.29) is 10.8 Å². The Labute approximate surface area is 232 Å². The summed E-state index contributed by atoms with van der Waals surface area (Å²) in [4.78, 5) is 22.2. The van der Waals surface area contributed by atoms with Gasteiger partial charge in [0.1, 0.15) is 11.3 Å². The zero-order chi connectivity index (χ0) is 27.4. The second kappa shape index (κ2) is 11.6. The molecule has 2 heterocycles. The van der Waals surface area contributed by atoms with Crippen LogP contribution in [-0.4, -0.2) is 70.6 Å². The number of piperazine rings is 1. The highest BCUT2D eigenvalue weighted by molar-refractivity contribution is 7.92. The molecule has 0 bridgehead atoms. The van der Waals surface area contributed by atoms with Crippen LogP contribution in [0.2, 0.25) is 0 Å². The number of benzene rings is 3. The largest absolute Gasteiger partial charge is 0.494 e. The molecule has 0 aliphatic carbocycles. The molecular formula is C28H31N5O4S2. The van der Waals surface area contributed by atoms with Gasteiger partial charge in [-0.15, -0.1) is 0 Å². The number of nitrogens with one attached hydrogen (secondary N) is 2. The number of rotatable bonds is 9. The van der Waals surface area contributed by atoms with Crippen molar-refractivity contribution in [1.82, 2.24) is 15.2 Å². The molecular weight excluding hydrogens is 534 g/mol. The van der Waals surface area contributed by atoms with Crippen molar-refractivity contribution in [1.29, 1.82) is 0 Å². The molecule has 0 saturated carbocycles. The zero-order valence-corrected chi connectivity index (χ0v) is 23.5. The molecule has 5 rings (SSSR count). The van der Waals surface area contributed by atoms with Crippen LogP contribution in [0.4, 0.5) is 10.8 Å². The predicted molar refractivity (Wildman–Crippen MR) is 156 cm³/mol. The normalized spacial score (nSPS) is 14.4. The number of thiazole rings is 1. The number of carbonyl (C=O) groups excluding carboxylic acids is 1. The van der Waals surface area contributed by atoms with Gasteiger partial charge in [0.25, 0.3) is 15.9 Å². The lowest BCUT2D eigenvalue weighted by Gasteiger charge is -2.34. The van der Waals surface area contributed by atoms with Crippen LogP contribution in [0.15, 0.2) is 71.6 Å². The average Bonchev–Trinajstić information content (AvgIpc) is 3.38. The van der Waals surface area contributed by atoms with Gasteiger partial charge in [0.2, 0.25) is 0 Å². The van der Waals surface area contributed by atoms with Crippen molar-refractivity contribution in [2.75, 3.05) is 56.0 Å². The van der Waals surface area contributed by atoms with Crippen molar-refractivity contribution in [3.8, 4) is 5.75 Å². The number of carbonyl (C=O) groups is 1. The minimum Gasteiger partial charge on any atom is -0.494 e. The van der Waals surface area contributed by atoms with E-state index >= 15 is 0 Å². The van der Waals surface area contributed by atoms with Crippen LogP contribution in [-0.2, 0) is 10.0 Å². The van der Waals surface area contributed by atoms with Gasteiger partial charge in [-0.25, -0.2) is 13.4 Å². The Hall–Kier alpha value is -3.67. The summed E-state index contributed by atoms with van der Waals surface area (Å²) in [5.41, 5.74) is 2.76. The van der Waals surface area contributed by atoms with Crippen molar-refractivity contribution in [2.45, 2.75) is 11.8 Å². The first-order chi connectivity index (χ1) is 18.8. The molecule has 2 N–H and O–H groups in total. The number of nitrogens with zero attached hydrogens (tertiary/aromatic N) is 3. The summed E-state index contributed by atoms with van der Waals surface area (Å²) in [6.07, 6.45) is 0. The summed E-state index contributed by atoms with van der Waals surface area (Å²) in [5, 5.41) is 3.97. The number of anilines is 2. The van der Waals surface area contributed by atoms with Gasteiger partial charge in [0, 0.05) is 50.5 Å². The SMILES string of the molecule is COc1cccc2sc(N3CCN(CCNC(=O)c4ccc(NS(=O)(=O)c5ccc(C)cc5)cc4)CC3)nc12. The Kier molecular flexibility index (Phi) is 8.01. The molecule has 4 aromatic rings. The molecule has 0 spiro atoms. The fourth-order valence-electron chi connectivity index (χ4n) is 4.43. The Morgan fingerprint density at radius 2 is 1.72 bits per heavy atom. The van der Waals surface area contributed by atoms with Gasteiger partial charge in [0.05, 0.1) is 16.7 Å². The van der Waals surface area contributed by atoms with Crippen LogP contribution in [0, 0.1) is 6.92 Å². The number of amides is 1. The highest BCUT2D eigenvalue weighted by Crippen LogP contribution is 2.34. The van der Waals surface area contributed by atoms with Gasteiger partial charge < -0.3 is 15.0 Å². The molecule has 0 unspecified atom stereocenters. The smallest absolute Gasteiger partial charge is 0.261 e. The van der Waals surface area contributed by atoms with Crippen LogP contribution in [0.3, 0.4) is 0 Å². The molecule has 204 valence electrons. The monoisotopic (exact) mass is 565 g/mol. The number of aryl methyl sites for hydroxylation is 1. The highest BCUT2D eigenvalue weighted by atomic mass is 32.2. The molecule has 11 heteroatoms. The Bertz CT molecular complexity index is 1550. The topological polar surface area (TPSA) is 104 Å². The molecule has 3 aromatic carbocycles. The number of sulfonamides is 1. The first-order valence-corrected chi connectivity index (χ1v) is 15.0. The molecule has 0 radical (unpaired) electrons. The number of para-hydroxylation sites is 1. The number of fused-ring (bicyclic) bond motifs is 1. The minimum absolute atomic E-state index is 0.190.